The average molecular weight is 350 g/mol. The molecule has 4 rings (SSSR count). The van der Waals surface area contributed by atoms with Gasteiger partial charge in [0.25, 0.3) is 5.92 Å². The lowest BCUT2D eigenvalue weighted by atomic mass is 9.75. The summed E-state index contributed by atoms with van der Waals surface area (Å²) in [5.41, 5.74) is 0.225. The predicted molar refractivity (Wildman–Crippen MR) is 90.5 cm³/mol. The van der Waals surface area contributed by atoms with Crippen molar-refractivity contribution in [3.63, 3.8) is 0 Å². The van der Waals surface area contributed by atoms with Crippen molar-refractivity contribution in [3.05, 3.63) is 41.0 Å². The number of anilines is 1. The number of nitrogens with zero attached hydrogens (tertiary/aromatic N) is 4. The molecule has 0 radical (unpaired) electrons. The highest BCUT2D eigenvalue weighted by atomic mass is 32.1. The molecule has 0 bridgehead atoms. The standard InChI is InChI=1S/C17H20F2N4S/c18-17(19)3-6-22(10-14-1-8-24-11-14)12-16(17)2-7-23(13-16)15-9-20-4-5-21-15/h1,4-5,8-9,11H,2-3,6-7,10,12-13H2/t16-/m0/s1. The third-order valence-corrected chi connectivity index (χ3v) is 5.99. The van der Waals surface area contributed by atoms with Crippen LogP contribution in [0.3, 0.4) is 0 Å². The summed E-state index contributed by atoms with van der Waals surface area (Å²) in [6.45, 7) is 2.61. The van der Waals surface area contributed by atoms with Gasteiger partial charge in [0.05, 0.1) is 11.6 Å². The average Bonchev–Trinajstić information content (AvgIpc) is 3.23. The maximum Gasteiger partial charge on any atom is 0.257 e. The molecule has 2 aliphatic heterocycles. The Morgan fingerprint density at radius 3 is 2.83 bits per heavy atom. The maximum atomic E-state index is 14.8. The number of aromatic nitrogens is 2. The summed E-state index contributed by atoms with van der Waals surface area (Å²) in [5.74, 6) is -1.94. The topological polar surface area (TPSA) is 32.3 Å². The molecule has 2 saturated heterocycles. The fraction of sp³-hybridized carbons (Fsp3) is 0.529. The summed E-state index contributed by atoms with van der Waals surface area (Å²) in [6.07, 6.45) is 5.31. The molecular weight excluding hydrogens is 330 g/mol. The van der Waals surface area contributed by atoms with Gasteiger partial charge < -0.3 is 4.90 Å². The van der Waals surface area contributed by atoms with E-state index >= 15 is 0 Å². The highest BCUT2D eigenvalue weighted by Crippen LogP contribution is 2.50. The minimum absolute atomic E-state index is 0.0640. The van der Waals surface area contributed by atoms with Crippen LogP contribution in [0.5, 0.6) is 0 Å². The minimum Gasteiger partial charge on any atom is -0.354 e. The van der Waals surface area contributed by atoms with Gasteiger partial charge in [-0.25, -0.2) is 13.8 Å². The predicted octanol–water partition coefficient (Wildman–Crippen LogP) is 3.28. The van der Waals surface area contributed by atoms with Gasteiger partial charge in [0, 0.05) is 51.5 Å². The SMILES string of the molecule is FC1(F)CCN(Cc2ccsc2)C[C@]12CCN(c1cnccn1)C2. The van der Waals surface area contributed by atoms with Crippen LogP contribution in [0.4, 0.5) is 14.6 Å². The van der Waals surface area contributed by atoms with E-state index in [1.54, 1.807) is 29.9 Å². The number of hydrogen-bond acceptors (Lipinski definition) is 5. The van der Waals surface area contributed by atoms with Gasteiger partial charge in [0.1, 0.15) is 5.82 Å². The summed E-state index contributed by atoms with van der Waals surface area (Å²) < 4.78 is 29.6. The molecule has 2 aliphatic rings. The fourth-order valence-corrected chi connectivity index (χ4v) is 4.57. The third-order valence-electron chi connectivity index (χ3n) is 5.26. The van der Waals surface area contributed by atoms with Gasteiger partial charge in [-0.3, -0.25) is 9.88 Å². The molecule has 0 unspecified atom stereocenters. The lowest BCUT2D eigenvalue weighted by molar-refractivity contribution is -0.158. The first-order chi connectivity index (χ1) is 11.6. The van der Waals surface area contributed by atoms with Crippen LogP contribution < -0.4 is 4.90 Å². The van der Waals surface area contributed by atoms with Crippen molar-refractivity contribution in [2.24, 2.45) is 5.41 Å². The van der Waals surface area contributed by atoms with Crippen LogP contribution >= 0.6 is 11.3 Å². The fourth-order valence-electron chi connectivity index (χ4n) is 3.91. The third kappa shape index (κ3) is 2.80. The van der Waals surface area contributed by atoms with Crippen LogP contribution in [0, 0.1) is 5.41 Å². The second-order valence-corrected chi connectivity index (χ2v) is 7.59. The highest BCUT2D eigenvalue weighted by Gasteiger charge is 2.59. The van der Waals surface area contributed by atoms with Crippen LogP contribution in [0.15, 0.2) is 35.4 Å². The minimum atomic E-state index is -2.63. The van der Waals surface area contributed by atoms with Crippen molar-refractivity contribution in [3.8, 4) is 0 Å². The molecule has 128 valence electrons. The van der Waals surface area contributed by atoms with Gasteiger partial charge in [-0.15, -0.1) is 0 Å². The Balaban J connectivity index is 1.53. The monoisotopic (exact) mass is 350 g/mol. The number of likely N-dealkylation sites (tertiary alicyclic amines) is 1. The maximum absolute atomic E-state index is 14.8. The van der Waals surface area contributed by atoms with Crippen LogP contribution in [0.25, 0.3) is 0 Å². The van der Waals surface area contributed by atoms with Crippen molar-refractivity contribution in [1.82, 2.24) is 14.9 Å². The molecule has 0 saturated carbocycles. The van der Waals surface area contributed by atoms with Gasteiger partial charge >= 0.3 is 0 Å². The highest BCUT2D eigenvalue weighted by molar-refractivity contribution is 7.07. The summed E-state index contributed by atoms with van der Waals surface area (Å²) in [7, 11) is 0. The molecule has 0 N–H and O–H groups in total. The Kier molecular flexibility index (Phi) is 4.00. The summed E-state index contributed by atoms with van der Waals surface area (Å²) in [6, 6.07) is 2.07. The normalized spacial score (nSPS) is 27.0. The summed E-state index contributed by atoms with van der Waals surface area (Å²) >= 11 is 1.65. The van der Waals surface area contributed by atoms with Gasteiger partial charge in [-0.2, -0.15) is 11.3 Å². The van der Waals surface area contributed by atoms with Gasteiger partial charge in [0.2, 0.25) is 0 Å². The largest absolute Gasteiger partial charge is 0.354 e. The van der Waals surface area contributed by atoms with Gasteiger partial charge in [0.15, 0.2) is 0 Å². The van der Waals surface area contributed by atoms with Gasteiger partial charge in [-0.05, 0) is 28.8 Å². The van der Waals surface area contributed by atoms with Crippen LogP contribution in [0.2, 0.25) is 0 Å². The first-order valence-electron chi connectivity index (χ1n) is 8.20. The summed E-state index contributed by atoms with van der Waals surface area (Å²) in [4.78, 5) is 12.5. The molecule has 24 heavy (non-hydrogen) atoms. The van der Waals surface area contributed by atoms with Crippen molar-refractivity contribution < 1.29 is 8.78 Å². The van der Waals surface area contributed by atoms with Crippen molar-refractivity contribution in [1.29, 1.82) is 0 Å². The molecular formula is C17H20F2N4S. The van der Waals surface area contributed by atoms with E-state index in [1.165, 1.54) is 5.56 Å². The number of thiophene rings is 1. The van der Waals surface area contributed by atoms with Crippen LogP contribution in [0.1, 0.15) is 18.4 Å². The second kappa shape index (κ2) is 6.04. The van der Waals surface area contributed by atoms with E-state index in [2.05, 4.69) is 26.3 Å². The molecule has 4 heterocycles. The van der Waals surface area contributed by atoms with E-state index in [1.807, 2.05) is 10.3 Å². The zero-order valence-electron chi connectivity index (χ0n) is 13.4. The molecule has 0 amide bonds. The second-order valence-electron chi connectivity index (χ2n) is 6.81. The number of hydrogen-bond donors (Lipinski definition) is 0. The molecule has 2 fully saturated rings. The van der Waals surface area contributed by atoms with E-state index in [0.29, 0.717) is 38.4 Å². The van der Waals surface area contributed by atoms with Crippen molar-refractivity contribution >= 4 is 17.2 Å². The molecule has 0 aromatic carbocycles. The van der Waals surface area contributed by atoms with E-state index in [4.69, 9.17) is 0 Å². The number of piperidine rings is 1. The van der Waals surface area contributed by atoms with E-state index < -0.39 is 11.3 Å². The molecule has 1 atom stereocenters. The van der Waals surface area contributed by atoms with Gasteiger partial charge in [-0.1, -0.05) is 0 Å². The van der Waals surface area contributed by atoms with Crippen LogP contribution in [-0.2, 0) is 6.54 Å². The number of halogens is 2. The molecule has 2 aromatic rings. The Labute approximate surface area is 144 Å². The van der Waals surface area contributed by atoms with E-state index in [0.717, 1.165) is 6.54 Å². The lowest BCUT2D eigenvalue weighted by Gasteiger charge is -2.46. The Bertz CT molecular complexity index is 679. The number of rotatable bonds is 3. The first-order valence-corrected chi connectivity index (χ1v) is 9.15. The molecule has 1 spiro atoms. The Morgan fingerprint density at radius 2 is 2.08 bits per heavy atom. The summed E-state index contributed by atoms with van der Waals surface area (Å²) in [5, 5.41) is 4.13. The van der Waals surface area contributed by atoms with E-state index in [-0.39, 0.29) is 6.42 Å². The van der Waals surface area contributed by atoms with Crippen molar-refractivity contribution in [2.75, 3.05) is 31.1 Å². The van der Waals surface area contributed by atoms with Crippen LogP contribution in [-0.4, -0.2) is 47.0 Å². The molecule has 4 nitrogen and oxygen atoms in total. The first kappa shape index (κ1) is 15.9. The molecule has 7 heteroatoms. The quantitative estimate of drug-likeness (QED) is 0.850. The molecule has 0 aliphatic carbocycles. The zero-order chi connectivity index (χ0) is 16.6. The number of alkyl halides is 2. The molecule has 2 aromatic heterocycles. The lowest BCUT2D eigenvalue weighted by Crippen LogP contribution is -2.56. The Hall–Kier alpha value is -1.60. The Morgan fingerprint density at radius 1 is 1.17 bits per heavy atom. The smallest absolute Gasteiger partial charge is 0.257 e. The van der Waals surface area contributed by atoms with E-state index in [9.17, 15) is 8.78 Å². The zero-order valence-corrected chi connectivity index (χ0v) is 14.2. The van der Waals surface area contributed by atoms with Crippen molar-refractivity contribution in [2.45, 2.75) is 25.3 Å².